The molecule has 0 unspecified atom stereocenters. The molecule has 0 heterocycles. The number of benzene rings is 7. The normalized spacial score (nSPS) is 11.6. The maximum atomic E-state index is 3.90. The molecule has 0 nitrogen and oxygen atoms in total. The third kappa shape index (κ3) is 3.89. The Morgan fingerprint density at radius 3 is 1.05 bits per heavy atom. The minimum Gasteiger partial charge on any atom is -0.0622 e. The Morgan fingerprint density at radius 2 is 0.650 bits per heavy atom. The molecule has 40 heavy (non-hydrogen) atoms. The van der Waals surface area contributed by atoms with Gasteiger partial charge in [0, 0.05) is 4.47 Å². The van der Waals surface area contributed by atoms with E-state index in [1.165, 1.54) is 54.9 Å². The molecular weight excluding hydrogens is 548 g/mol. The first-order chi connectivity index (χ1) is 19.8. The van der Waals surface area contributed by atoms with Gasteiger partial charge in [0.1, 0.15) is 0 Å². The maximum Gasteiger partial charge on any atom is 0.0701 e. The molecule has 0 N–H and O–H groups in total. The number of fused-ring (bicyclic) bond motifs is 2. The van der Waals surface area contributed by atoms with E-state index in [2.05, 4.69) is 180 Å². The number of rotatable bonds is 5. The van der Waals surface area contributed by atoms with Crippen molar-refractivity contribution in [3.8, 4) is 11.1 Å². The number of halogens is 1. The van der Waals surface area contributed by atoms with Crippen molar-refractivity contribution in [2.45, 2.75) is 5.41 Å². The quantitative estimate of drug-likeness (QED) is 0.141. The molecule has 0 aliphatic rings. The summed E-state index contributed by atoms with van der Waals surface area (Å²) in [5, 5.41) is 4.96. The van der Waals surface area contributed by atoms with E-state index in [0.29, 0.717) is 0 Å². The Balaban J connectivity index is 1.51. The molecule has 0 amide bonds. The molecule has 0 spiro atoms. The van der Waals surface area contributed by atoms with Crippen molar-refractivity contribution < 1.29 is 0 Å². The Bertz CT molecular complexity index is 1770. The summed E-state index contributed by atoms with van der Waals surface area (Å²) in [5.41, 5.74) is 7.02. The zero-order valence-electron chi connectivity index (χ0n) is 22.0. The fourth-order valence-corrected chi connectivity index (χ4v) is 7.03. The molecule has 0 saturated carbocycles. The van der Waals surface area contributed by atoms with Gasteiger partial charge in [-0.05, 0) is 70.9 Å². The number of hydrogen-bond donors (Lipinski definition) is 0. The van der Waals surface area contributed by atoms with Crippen molar-refractivity contribution in [1.82, 2.24) is 0 Å². The van der Waals surface area contributed by atoms with Crippen LogP contribution in [-0.4, -0.2) is 0 Å². The molecule has 7 aromatic carbocycles. The predicted molar refractivity (Wildman–Crippen MR) is 173 cm³/mol. The molecular formula is C39H27Br. The molecule has 0 radical (unpaired) electrons. The van der Waals surface area contributed by atoms with Crippen LogP contribution in [0, 0.1) is 0 Å². The Labute approximate surface area is 243 Å². The zero-order valence-corrected chi connectivity index (χ0v) is 23.6. The first kappa shape index (κ1) is 24.6. The summed E-state index contributed by atoms with van der Waals surface area (Å²) in [6.07, 6.45) is 0. The van der Waals surface area contributed by atoms with E-state index in [9.17, 15) is 0 Å². The largest absolute Gasteiger partial charge is 0.0701 e. The second-order valence-electron chi connectivity index (χ2n) is 10.2. The third-order valence-electron chi connectivity index (χ3n) is 8.09. The fraction of sp³-hybridized carbons (Fsp3) is 0.0256. The SMILES string of the molecule is Brc1c2ccccc2c(-c2ccc(C(c3ccccc3)(c3ccccc3)c3ccccc3)cc2)c2ccccc12. The van der Waals surface area contributed by atoms with Crippen LogP contribution in [0.1, 0.15) is 22.3 Å². The van der Waals surface area contributed by atoms with Crippen molar-refractivity contribution in [2.75, 3.05) is 0 Å². The van der Waals surface area contributed by atoms with Gasteiger partial charge in [0.25, 0.3) is 0 Å². The molecule has 7 aromatic rings. The first-order valence-electron chi connectivity index (χ1n) is 13.6. The Morgan fingerprint density at radius 1 is 0.325 bits per heavy atom. The van der Waals surface area contributed by atoms with E-state index in [1.807, 2.05) is 0 Å². The van der Waals surface area contributed by atoms with Crippen LogP contribution in [0.5, 0.6) is 0 Å². The van der Waals surface area contributed by atoms with Crippen LogP contribution in [0.2, 0.25) is 0 Å². The average Bonchev–Trinajstić information content (AvgIpc) is 3.04. The molecule has 0 fully saturated rings. The predicted octanol–water partition coefficient (Wildman–Crippen LogP) is 10.8. The van der Waals surface area contributed by atoms with E-state index < -0.39 is 5.41 Å². The van der Waals surface area contributed by atoms with Crippen LogP contribution in [-0.2, 0) is 5.41 Å². The van der Waals surface area contributed by atoms with Gasteiger partial charge in [-0.25, -0.2) is 0 Å². The van der Waals surface area contributed by atoms with Gasteiger partial charge in [-0.1, -0.05) is 164 Å². The van der Waals surface area contributed by atoms with Gasteiger partial charge in [0.2, 0.25) is 0 Å². The van der Waals surface area contributed by atoms with Crippen LogP contribution in [0.3, 0.4) is 0 Å². The second-order valence-corrected chi connectivity index (χ2v) is 11.0. The second kappa shape index (κ2) is 10.3. The minimum atomic E-state index is -0.452. The maximum absolute atomic E-state index is 3.90. The van der Waals surface area contributed by atoms with Crippen molar-refractivity contribution >= 4 is 37.5 Å². The highest BCUT2D eigenvalue weighted by atomic mass is 79.9. The standard InChI is InChI=1S/C39H27Br/c40-38-35-22-12-10-20-33(35)37(34-21-11-13-23-36(34)38)28-24-26-32(27-25-28)39(29-14-4-1-5-15-29,30-16-6-2-7-17-30)31-18-8-3-9-19-31/h1-27H. The smallest absolute Gasteiger partial charge is 0.0622 e. The number of hydrogen-bond acceptors (Lipinski definition) is 0. The van der Waals surface area contributed by atoms with Crippen molar-refractivity contribution in [2.24, 2.45) is 0 Å². The Hall–Kier alpha value is -4.46. The molecule has 0 saturated heterocycles. The topological polar surface area (TPSA) is 0 Å². The third-order valence-corrected chi connectivity index (χ3v) is 8.95. The summed E-state index contributed by atoms with van der Waals surface area (Å²) >= 11 is 3.90. The first-order valence-corrected chi connectivity index (χ1v) is 14.4. The van der Waals surface area contributed by atoms with Gasteiger partial charge < -0.3 is 0 Å². The summed E-state index contributed by atoms with van der Waals surface area (Å²) in [7, 11) is 0. The molecule has 0 atom stereocenters. The van der Waals surface area contributed by atoms with Crippen molar-refractivity contribution in [1.29, 1.82) is 0 Å². The molecule has 7 rings (SSSR count). The van der Waals surface area contributed by atoms with Gasteiger partial charge in [0.05, 0.1) is 5.41 Å². The molecule has 0 bridgehead atoms. The Kier molecular flexibility index (Phi) is 6.30. The molecule has 0 aliphatic heterocycles. The monoisotopic (exact) mass is 574 g/mol. The summed E-state index contributed by atoms with van der Waals surface area (Å²) in [6, 6.07) is 59.3. The lowest BCUT2D eigenvalue weighted by Gasteiger charge is -2.37. The van der Waals surface area contributed by atoms with Crippen LogP contribution in [0.15, 0.2) is 168 Å². The highest BCUT2D eigenvalue weighted by molar-refractivity contribution is 9.10. The summed E-state index contributed by atoms with van der Waals surface area (Å²) in [5.74, 6) is 0. The van der Waals surface area contributed by atoms with Crippen LogP contribution >= 0.6 is 15.9 Å². The van der Waals surface area contributed by atoms with E-state index >= 15 is 0 Å². The van der Waals surface area contributed by atoms with Gasteiger partial charge in [-0.3, -0.25) is 0 Å². The van der Waals surface area contributed by atoms with Crippen LogP contribution in [0.4, 0.5) is 0 Å². The highest BCUT2D eigenvalue weighted by Crippen LogP contribution is 2.46. The lowest BCUT2D eigenvalue weighted by Crippen LogP contribution is -2.30. The van der Waals surface area contributed by atoms with Crippen LogP contribution < -0.4 is 0 Å². The van der Waals surface area contributed by atoms with Crippen molar-refractivity contribution in [3.05, 3.63) is 191 Å². The van der Waals surface area contributed by atoms with Gasteiger partial charge >= 0.3 is 0 Å². The van der Waals surface area contributed by atoms with E-state index in [0.717, 1.165) is 4.47 Å². The van der Waals surface area contributed by atoms with E-state index in [1.54, 1.807) is 0 Å². The molecule has 1 heteroatoms. The van der Waals surface area contributed by atoms with Crippen molar-refractivity contribution in [3.63, 3.8) is 0 Å². The fourth-order valence-electron chi connectivity index (χ4n) is 6.34. The zero-order chi connectivity index (χ0) is 26.9. The summed E-state index contributed by atoms with van der Waals surface area (Å²) in [6.45, 7) is 0. The molecule has 0 aliphatic carbocycles. The van der Waals surface area contributed by atoms with E-state index in [-0.39, 0.29) is 0 Å². The summed E-state index contributed by atoms with van der Waals surface area (Å²) < 4.78 is 1.15. The van der Waals surface area contributed by atoms with Gasteiger partial charge in [-0.2, -0.15) is 0 Å². The summed E-state index contributed by atoms with van der Waals surface area (Å²) in [4.78, 5) is 0. The van der Waals surface area contributed by atoms with E-state index in [4.69, 9.17) is 0 Å². The van der Waals surface area contributed by atoms with Gasteiger partial charge in [-0.15, -0.1) is 0 Å². The lowest BCUT2D eigenvalue weighted by atomic mass is 9.65. The minimum absolute atomic E-state index is 0.452. The molecule has 0 aromatic heterocycles. The van der Waals surface area contributed by atoms with Crippen LogP contribution in [0.25, 0.3) is 32.7 Å². The highest BCUT2D eigenvalue weighted by Gasteiger charge is 2.38. The lowest BCUT2D eigenvalue weighted by molar-refractivity contribution is 0.745. The average molecular weight is 576 g/mol. The van der Waals surface area contributed by atoms with Gasteiger partial charge in [0.15, 0.2) is 0 Å². The molecule has 190 valence electrons.